The lowest BCUT2D eigenvalue weighted by Crippen LogP contribution is -2.41. The maximum atomic E-state index is 12.8. The molecule has 2 aromatic rings. The fourth-order valence-electron chi connectivity index (χ4n) is 2.81. The number of hydrogen-bond acceptors (Lipinski definition) is 7. The van der Waals surface area contributed by atoms with Gasteiger partial charge in [0.05, 0.1) is 23.2 Å². The van der Waals surface area contributed by atoms with Gasteiger partial charge in [-0.3, -0.25) is 4.72 Å². The van der Waals surface area contributed by atoms with Crippen LogP contribution in [0.3, 0.4) is 0 Å². The third kappa shape index (κ3) is 4.05. The molecule has 1 aromatic heterocycles. The van der Waals surface area contributed by atoms with Crippen LogP contribution in [0.4, 0.5) is 5.69 Å². The number of sulfonamides is 1. The molecule has 0 saturated carbocycles. The Balaban J connectivity index is 1.95. The van der Waals surface area contributed by atoms with Crippen molar-refractivity contribution in [2.75, 3.05) is 11.8 Å². The number of hydrogen-bond donors (Lipinski definition) is 2. The first-order chi connectivity index (χ1) is 13.4. The van der Waals surface area contributed by atoms with Gasteiger partial charge in [-0.25, -0.2) is 13.4 Å². The van der Waals surface area contributed by atoms with Crippen LogP contribution in [0.5, 0.6) is 11.6 Å². The molecule has 2 heterocycles. The van der Waals surface area contributed by atoms with Crippen molar-refractivity contribution in [1.82, 2.24) is 4.98 Å². The molecule has 0 atom stereocenters. The summed E-state index contributed by atoms with van der Waals surface area (Å²) >= 11 is 0. The molecule has 0 spiro atoms. The number of methoxy groups -OCH3 is 1. The van der Waals surface area contributed by atoms with Gasteiger partial charge in [-0.1, -0.05) is 0 Å². The molecule has 0 amide bonds. The van der Waals surface area contributed by atoms with Crippen LogP contribution in [0.15, 0.2) is 35.4 Å². The molecular weight excluding hydrogens is 395 g/mol. The van der Waals surface area contributed by atoms with Crippen LogP contribution in [0.1, 0.15) is 33.3 Å². The highest BCUT2D eigenvalue weighted by Crippen LogP contribution is 2.37. The second kappa shape index (κ2) is 7.19. The van der Waals surface area contributed by atoms with Crippen molar-refractivity contribution in [1.29, 1.82) is 0 Å². The van der Waals surface area contributed by atoms with Crippen LogP contribution in [0.25, 0.3) is 0 Å². The third-order valence-electron chi connectivity index (χ3n) is 5.31. The lowest BCUT2D eigenvalue weighted by atomic mass is 9.80. The van der Waals surface area contributed by atoms with Crippen molar-refractivity contribution >= 4 is 28.3 Å². The fourth-order valence-corrected chi connectivity index (χ4v) is 3.94. The molecule has 1 saturated heterocycles. The van der Waals surface area contributed by atoms with Crippen LogP contribution < -0.4 is 14.9 Å². The van der Waals surface area contributed by atoms with Gasteiger partial charge in [-0.15, -0.1) is 0 Å². The Bertz CT molecular complexity index is 1020. The molecule has 0 unspecified atom stereocenters. The SMILES string of the molecule is COc1ncc(B2OC(C)(C)C(C)(C)O2)cc1NS(=O)(=O)c1ccc(O)c(C)c1. The minimum absolute atomic E-state index is 0.0101. The zero-order valence-electron chi connectivity index (χ0n) is 17.3. The molecule has 1 aromatic carbocycles. The monoisotopic (exact) mass is 420 g/mol. The van der Waals surface area contributed by atoms with Crippen LogP contribution in [0.2, 0.25) is 0 Å². The molecule has 3 rings (SSSR count). The summed E-state index contributed by atoms with van der Waals surface area (Å²) in [6.45, 7) is 9.35. The average Bonchev–Trinajstić information content (AvgIpc) is 2.84. The summed E-state index contributed by atoms with van der Waals surface area (Å²) in [4.78, 5) is 4.21. The summed E-state index contributed by atoms with van der Waals surface area (Å²) < 4.78 is 45.4. The number of nitrogens with one attached hydrogen (secondary N) is 1. The Morgan fingerprint density at radius 1 is 1.14 bits per heavy atom. The van der Waals surface area contributed by atoms with E-state index in [0.29, 0.717) is 11.0 Å². The lowest BCUT2D eigenvalue weighted by Gasteiger charge is -2.32. The summed E-state index contributed by atoms with van der Waals surface area (Å²) in [5.74, 6) is 0.135. The van der Waals surface area contributed by atoms with E-state index in [1.807, 2.05) is 27.7 Å². The number of benzene rings is 1. The molecular formula is C19H25BN2O6S. The Morgan fingerprint density at radius 2 is 1.76 bits per heavy atom. The second-order valence-corrected chi connectivity index (χ2v) is 9.65. The highest BCUT2D eigenvalue weighted by Gasteiger charge is 2.52. The second-order valence-electron chi connectivity index (χ2n) is 7.97. The summed E-state index contributed by atoms with van der Waals surface area (Å²) in [5.41, 5.74) is 0.0835. The van der Waals surface area contributed by atoms with E-state index in [1.54, 1.807) is 13.0 Å². The largest absolute Gasteiger partial charge is 0.508 e. The van der Waals surface area contributed by atoms with Crippen molar-refractivity contribution in [2.45, 2.75) is 50.7 Å². The minimum atomic E-state index is -3.93. The number of aryl methyl sites for hydroxylation is 1. The summed E-state index contributed by atoms with van der Waals surface area (Å²) in [6, 6.07) is 5.62. The van der Waals surface area contributed by atoms with E-state index < -0.39 is 28.3 Å². The fraction of sp³-hybridized carbons (Fsp3) is 0.421. The Hall–Kier alpha value is -2.30. The first kappa shape index (κ1) is 21.4. The summed E-state index contributed by atoms with van der Waals surface area (Å²) in [5, 5.41) is 9.65. The Morgan fingerprint density at radius 3 is 2.31 bits per heavy atom. The van der Waals surface area contributed by atoms with Gasteiger partial charge in [-0.05, 0) is 64.4 Å². The molecule has 0 radical (unpaired) electrons. The number of aromatic hydroxyl groups is 1. The maximum absolute atomic E-state index is 12.8. The highest BCUT2D eigenvalue weighted by molar-refractivity contribution is 7.92. The van der Waals surface area contributed by atoms with Gasteiger partial charge < -0.3 is 19.2 Å². The molecule has 156 valence electrons. The van der Waals surface area contributed by atoms with Crippen molar-refractivity contribution in [3.8, 4) is 11.6 Å². The predicted molar refractivity (Wildman–Crippen MR) is 110 cm³/mol. The Labute approximate surface area is 171 Å². The van der Waals surface area contributed by atoms with E-state index >= 15 is 0 Å². The first-order valence-electron chi connectivity index (χ1n) is 9.08. The zero-order chi connectivity index (χ0) is 21.6. The maximum Gasteiger partial charge on any atom is 0.496 e. The van der Waals surface area contributed by atoms with Crippen molar-refractivity contribution in [2.24, 2.45) is 0 Å². The van der Waals surface area contributed by atoms with Gasteiger partial charge in [0.1, 0.15) is 11.4 Å². The van der Waals surface area contributed by atoms with Crippen molar-refractivity contribution in [3.05, 3.63) is 36.0 Å². The van der Waals surface area contributed by atoms with Gasteiger partial charge >= 0.3 is 7.12 Å². The standard InChI is InChI=1S/C19H25BN2O6S/c1-12-9-14(7-8-16(12)23)29(24,25)22-15-10-13(11-21-17(15)26-6)20-27-18(2,3)19(4,5)28-20/h7-11,22-23H,1-6H3. The molecule has 0 bridgehead atoms. The van der Waals surface area contributed by atoms with Crippen molar-refractivity contribution in [3.63, 3.8) is 0 Å². The van der Waals surface area contributed by atoms with E-state index in [2.05, 4.69) is 9.71 Å². The first-order valence-corrected chi connectivity index (χ1v) is 10.6. The van der Waals surface area contributed by atoms with Gasteiger partial charge in [0.15, 0.2) is 0 Å². The molecule has 8 nitrogen and oxygen atoms in total. The minimum Gasteiger partial charge on any atom is -0.508 e. The quantitative estimate of drug-likeness (QED) is 0.715. The van der Waals surface area contributed by atoms with Gasteiger partial charge in [0.25, 0.3) is 10.0 Å². The molecule has 10 heteroatoms. The molecule has 29 heavy (non-hydrogen) atoms. The number of rotatable bonds is 5. The van der Waals surface area contributed by atoms with E-state index in [1.165, 1.54) is 31.5 Å². The topological polar surface area (TPSA) is 107 Å². The summed E-state index contributed by atoms with van der Waals surface area (Å²) in [6.07, 6.45) is 1.53. The molecule has 1 aliphatic heterocycles. The van der Waals surface area contributed by atoms with E-state index in [0.717, 1.165) is 0 Å². The molecule has 2 N–H and O–H groups in total. The number of nitrogens with zero attached hydrogens (tertiary/aromatic N) is 1. The van der Waals surface area contributed by atoms with Crippen LogP contribution in [0, 0.1) is 6.92 Å². The van der Waals surface area contributed by atoms with Crippen LogP contribution in [-0.2, 0) is 19.3 Å². The van der Waals surface area contributed by atoms with E-state index in [4.69, 9.17) is 14.0 Å². The zero-order valence-corrected chi connectivity index (χ0v) is 18.1. The van der Waals surface area contributed by atoms with Gasteiger partial charge in [0, 0.05) is 11.7 Å². The third-order valence-corrected chi connectivity index (χ3v) is 6.68. The number of ether oxygens (including phenoxy) is 1. The van der Waals surface area contributed by atoms with Gasteiger partial charge in [-0.2, -0.15) is 0 Å². The molecule has 1 fully saturated rings. The lowest BCUT2D eigenvalue weighted by molar-refractivity contribution is 0.00578. The normalized spacial score (nSPS) is 17.9. The van der Waals surface area contributed by atoms with Crippen molar-refractivity contribution < 1.29 is 27.6 Å². The molecule has 0 aliphatic carbocycles. The van der Waals surface area contributed by atoms with Crippen LogP contribution in [-0.4, -0.2) is 43.9 Å². The highest BCUT2D eigenvalue weighted by atomic mass is 32.2. The van der Waals surface area contributed by atoms with Gasteiger partial charge in [0.2, 0.25) is 5.88 Å². The number of anilines is 1. The summed E-state index contributed by atoms with van der Waals surface area (Å²) in [7, 11) is -3.23. The average molecular weight is 420 g/mol. The number of phenols is 1. The number of pyridine rings is 1. The van der Waals surface area contributed by atoms with E-state index in [9.17, 15) is 13.5 Å². The Kier molecular flexibility index (Phi) is 5.31. The van der Waals surface area contributed by atoms with E-state index in [-0.39, 0.29) is 22.2 Å². The van der Waals surface area contributed by atoms with Crippen LogP contribution >= 0.6 is 0 Å². The number of aromatic nitrogens is 1. The smallest absolute Gasteiger partial charge is 0.496 e. The predicted octanol–water partition coefficient (Wildman–Crippen LogP) is 2.20. The molecule has 1 aliphatic rings. The number of phenolic OH excluding ortho intramolecular Hbond substituents is 1.